The minimum atomic E-state index is 0.0477. The Labute approximate surface area is 185 Å². The first-order valence-corrected chi connectivity index (χ1v) is 11.1. The van der Waals surface area contributed by atoms with E-state index in [0.29, 0.717) is 12.4 Å². The number of benzene rings is 3. The van der Waals surface area contributed by atoms with Crippen LogP contribution < -0.4 is 4.74 Å². The van der Waals surface area contributed by atoms with Crippen LogP contribution in [0, 0.1) is 13.8 Å². The third kappa shape index (κ3) is 4.11. The van der Waals surface area contributed by atoms with Crippen molar-refractivity contribution in [1.82, 2.24) is 14.9 Å². The van der Waals surface area contributed by atoms with E-state index in [-0.39, 0.29) is 5.25 Å². The second-order valence-electron chi connectivity index (χ2n) is 7.57. The number of hydrogen-bond donors (Lipinski definition) is 0. The largest absolute Gasteiger partial charge is 0.486 e. The summed E-state index contributed by atoms with van der Waals surface area (Å²) in [6.45, 7) is 4.45. The fourth-order valence-corrected chi connectivity index (χ4v) is 4.58. The van der Waals surface area contributed by atoms with Crippen molar-refractivity contribution in [1.29, 1.82) is 0 Å². The minimum Gasteiger partial charge on any atom is -0.486 e. The molecular weight excluding hydrogens is 404 g/mol. The third-order valence-electron chi connectivity index (χ3n) is 5.19. The van der Waals surface area contributed by atoms with Gasteiger partial charge in [0.2, 0.25) is 5.16 Å². The summed E-state index contributed by atoms with van der Waals surface area (Å²) in [5, 5.41) is 14.6. The van der Waals surface area contributed by atoms with Crippen LogP contribution in [-0.4, -0.2) is 20.6 Å². The number of aromatic nitrogens is 3. The van der Waals surface area contributed by atoms with Crippen molar-refractivity contribution in [3.63, 3.8) is 0 Å². The molecule has 1 atom stereocenters. The molecule has 31 heavy (non-hydrogen) atoms. The Morgan fingerprint density at radius 1 is 0.839 bits per heavy atom. The fraction of sp³-hybridized carbons (Fsp3) is 0.160. The van der Waals surface area contributed by atoms with Crippen LogP contribution >= 0.6 is 11.8 Å². The van der Waals surface area contributed by atoms with Crippen LogP contribution in [0.2, 0.25) is 0 Å². The van der Waals surface area contributed by atoms with Crippen molar-refractivity contribution in [2.24, 2.45) is 5.10 Å². The van der Waals surface area contributed by atoms with E-state index in [2.05, 4.69) is 72.6 Å². The number of aryl methyl sites for hydroxylation is 2. The molecule has 5 nitrogen and oxygen atoms in total. The summed E-state index contributed by atoms with van der Waals surface area (Å²) in [5.41, 5.74) is 5.69. The van der Waals surface area contributed by atoms with Crippen LogP contribution in [0.4, 0.5) is 0 Å². The first kappa shape index (κ1) is 19.6. The molecule has 0 saturated carbocycles. The molecule has 0 unspecified atom stereocenters. The van der Waals surface area contributed by atoms with Crippen molar-refractivity contribution >= 4 is 17.5 Å². The average molecular weight is 427 g/mol. The maximum Gasteiger partial charge on any atom is 0.213 e. The zero-order chi connectivity index (χ0) is 21.2. The zero-order valence-corrected chi connectivity index (χ0v) is 18.2. The first-order chi connectivity index (χ1) is 15.2. The van der Waals surface area contributed by atoms with E-state index in [0.717, 1.165) is 22.2 Å². The molecule has 0 radical (unpaired) electrons. The number of rotatable bonds is 5. The quantitative estimate of drug-likeness (QED) is 0.418. The zero-order valence-electron chi connectivity index (χ0n) is 17.4. The lowest BCUT2D eigenvalue weighted by Gasteiger charge is -2.23. The smallest absolute Gasteiger partial charge is 0.213 e. The standard InChI is InChI=1S/C25H22N4OS/c1-17-8-12-19(13-9-17)23-24(20-6-4-3-5-7-20)31-25-27-26-22(29(25)28-23)16-30-21-14-10-18(2)11-15-21/h3-15,24H,16H2,1-2H3/t24-/m1/s1. The molecule has 3 aromatic carbocycles. The minimum absolute atomic E-state index is 0.0477. The topological polar surface area (TPSA) is 52.3 Å². The Kier molecular flexibility index (Phi) is 5.30. The Morgan fingerprint density at radius 3 is 2.23 bits per heavy atom. The van der Waals surface area contributed by atoms with Crippen LogP contribution in [-0.2, 0) is 6.61 Å². The van der Waals surface area contributed by atoms with Crippen molar-refractivity contribution in [3.05, 3.63) is 107 Å². The fourth-order valence-electron chi connectivity index (χ4n) is 3.45. The number of fused-ring (bicyclic) bond motifs is 1. The van der Waals surface area contributed by atoms with Gasteiger partial charge in [-0.3, -0.25) is 0 Å². The molecule has 0 fully saturated rings. The van der Waals surface area contributed by atoms with Gasteiger partial charge in [0, 0.05) is 0 Å². The van der Waals surface area contributed by atoms with Crippen LogP contribution in [0.1, 0.15) is 33.3 Å². The molecular formula is C25H22N4OS. The van der Waals surface area contributed by atoms with Gasteiger partial charge in [0.25, 0.3) is 0 Å². The van der Waals surface area contributed by atoms with Gasteiger partial charge in [0.1, 0.15) is 12.4 Å². The highest BCUT2D eigenvalue weighted by atomic mass is 32.2. The highest BCUT2D eigenvalue weighted by molar-refractivity contribution is 8.00. The normalized spacial score (nSPS) is 15.3. The predicted molar refractivity (Wildman–Crippen MR) is 124 cm³/mol. The van der Waals surface area contributed by atoms with E-state index in [1.54, 1.807) is 11.8 Å². The highest BCUT2D eigenvalue weighted by Gasteiger charge is 2.30. The maximum atomic E-state index is 5.94. The number of thioether (sulfide) groups is 1. The first-order valence-electron chi connectivity index (χ1n) is 10.2. The lowest BCUT2D eigenvalue weighted by Crippen LogP contribution is -2.19. The summed E-state index contributed by atoms with van der Waals surface area (Å²) >= 11 is 1.66. The summed E-state index contributed by atoms with van der Waals surface area (Å²) in [7, 11) is 0. The van der Waals surface area contributed by atoms with E-state index >= 15 is 0 Å². The van der Waals surface area contributed by atoms with Gasteiger partial charge in [-0.15, -0.1) is 10.2 Å². The highest BCUT2D eigenvalue weighted by Crippen LogP contribution is 2.41. The lowest BCUT2D eigenvalue weighted by atomic mass is 10.0. The summed E-state index contributed by atoms with van der Waals surface area (Å²) < 4.78 is 7.75. The Morgan fingerprint density at radius 2 is 1.52 bits per heavy atom. The van der Waals surface area contributed by atoms with E-state index in [1.807, 2.05) is 35.0 Å². The van der Waals surface area contributed by atoms with Gasteiger partial charge in [0.05, 0.1) is 11.0 Å². The molecule has 1 aliphatic rings. The van der Waals surface area contributed by atoms with E-state index in [9.17, 15) is 0 Å². The van der Waals surface area contributed by atoms with Crippen molar-refractivity contribution in [2.45, 2.75) is 30.9 Å². The monoisotopic (exact) mass is 426 g/mol. The summed E-state index contributed by atoms with van der Waals surface area (Å²) in [4.78, 5) is 0. The van der Waals surface area contributed by atoms with Crippen LogP contribution in [0.3, 0.4) is 0 Å². The second-order valence-corrected chi connectivity index (χ2v) is 8.64. The van der Waals surface area contributed by atoms with Gasteiger partial charge in [-0.1, -0.05) is 89.6 Å². The molecule has 0 N–H and O–H groups in total. The van der Waals surface area contributed by atoms with Gasteiger partial charge in [0.15, 0.2) is 5.82 Å². The molecule has 0 saturated heterocycles. The van der Waals surface area contributed by atoms with Gasteiger partial charge in [-0.05, 0) is 37.1 Å². The number of nitrogens with zero attached hydrogens (tertiary/aromatic N) is 4. The van der Waals surface area contributed by atoms with Crippen molar-refractivity contribution in [2.75, 3.05) is 0 Å². The van der Waals surface area contributed by atoms with Gasteiger partial charge in [-0.2, -0.15) is 9.78 Å². The van der Waals surface area contributed by atoms with E-state index < -0.39 is 0 Å². The Balaban J connectivity index is 1.50. The summed E-state index contributed by atoms with van der Waals surface area (Å²) in [6.07, 6.45) is 0. The van der Waals surface area contributed by atoms with Crippen molar-refractivity contribution in [3.8, 4) is 5.75 Å². The lowest BCUT2D eigenvalue weighted by molar-refractivity contribution is 0.289. The molecule has 1 aliphatic heterocycles. The maximum absolute atomic E-state index is 5.94. The molecule has 1 aromatic heterocycles. The molecule has 2 heterocycles. The molecule has 0 bridgehead atoms. The molecule has 0 aliphatic carbocycles. The van der Waals surface area contributed by atoms with Crippen LogP contribution in [0.25, 0.3) is 0 Å². The molecule has 6 heteroatoms. The summed E-state index contributed by atoms with van der Waals surface area (Å²) in [6, 6.07) is 26.9. The SMILES string of the molecule is Cc1ccc(OCc2nnc3n2N=C(c2ccc(C)cc2)[C@@H](c2ccccc2)S3)cc1. The van der Waals surface area contributed by atoms with Gasteiger partial charge in [-0.25, -0.2) is 0 Å². The Bertz CT molecular complexity index is 1210. The van der Waals surface area contributed by atoms with E-state index in [1.165, 1.54) is 16.7 Å². The van der Waals surface area contributed by atoms with Crippen molar-refractivity contribution < 1.29 is 4.74 Å². The van der Waals surface area contributed by atoms with Gasteiger partial charge < -0.3 is 4.74 Å². The third-order valence-corrected chi connectivity index (χ3v) is 6.39. The molecule has 4 aromatic rings. The van der Waals surface area contributed by atoms with Crippen LogP contribution in [0.15, 0.2) is 89.1 Å². The molecule has 5 rings (SSSR count). The van der Waals surface area contributed by atoms with Crippen LogP contribution in [0.5, 0.6) is 5.75 Å². The number of ether oxygens (including phenoxy) is 1. The second kappa shape index (κ2) is 8.40. The predicted octanol–water partition coefficient (Wildman–Crippen LogP) is 5.57. The Hall–Kier alpha value is -3.38. The average Bonchev–Trinajstić information content (AvgIpc) is 3.21. The summed E-state index contributed by atoms with van der Waals surface area (Å²) in [5.74, 6) is 1.48. The number of hydrogen-bond acceptors (Lipinski definition) is 5. The molecule has 0 amide bonds. The van der Waals surface area contributed by atoms with E-state index in [4.69, 9.17) is 9.84 Å². The molecule has 154 valence electrons. The van der Waals surface area contributed by atoms with Gasteiger partial charge >= 0.3 is 0 Å². The molecule has 0 spiro atoms.